The van der Waals surface area contributed by atoms with Crippen molar-refractivity contribution in [1.82, 2.24) is 4.90 Å². The van der Waals surface area contributed by atoms with Crippen molar-refractivity contribution in [2.45, 2.75) is 26.8 Å². The van der Waals surface area contributed by atoms with Crippen LogP contribution in [0, 0.1) is 13.8 Å². The predicted octanol–water partition coefficient (Wildman–Crippen LogP) is 3.77. The largest absolute Gasteiger partial charge is 0.466 e. The molecule has 4 nitrogen and oxygen atoms in total. The molecule has 1 aromatic carbocycles. The molecule has 0 saturated heterocycles. The summed E-state index contributed by atoms with van der Waals surface area (Å²) in [4.78, 5) is 13.4. The number of aryl methyl sites for hydroxylation is 2. The summed E-state index contributed by atoms with van der Waals surface area (Å²) in [5, 5.41) is 3.42. The topological polar surface area (TPSA) is 45.5 Å². The van der Waals surface area contributed by atoms with E-state index in [-0.39, 0.29) is 11.9 Å². The Hall–Kier alpha value is -2.23. The number of anilines is 1. The van der Waals surface area contributed by atoms with Crippen LogP contribution in [0.3, 0.4) is 0 Å². The molecule has 0 saturated carbocycles. The van der Waals surface area contributed by atoms with Gasteiger partial charge in [-0.25, -0.2) is 0 Å². The lowest BCUT2D eigenvalue weighted by atomic mass is 10.1. The van der Waals surface area contributed by atoms with Crippen LogP contribution in [0.2, 0.25) is 0 Å². The zero-order chi connectivity index (χ0) is 15.6. The molecule has 2 rings (SSSR count). The molecule has 0 aliphatic rings. The standard InChI is InChI=1S/C17H22N2O2/c1-11-10-16(13(3)21-11)12(2)18-15-8-6-14(7-9-15)17(20)19(4)5/h6-10,12,18H,1-5H3. The molecular formula is C17H22N2O2. The summed E-state index contributed by atoms with van der Waals surface area (Å²) in [6.45, 7) is 6.01. The number of carbonyl (C=O) groups is 1. The normalized spacial score (nSPS) is 12.0. The second-order valence-corrected chi connectivity index (χ2v) is 5.51. The van der Waals surface area contributed by atoms with Crippen LogP contribution in [0.1, 0.15) is 40.4 Å². The SMILES string of the molecule is Cc1cc(C(C)Nc2ccc(C(=O)N(C)C)cc2)c(C)o1. The molecule has 1 heterocycles. The van der Waals surface area contributed by atoms with Crippen molar-refractivity contribution in [2.24, 2.45) is 0 Å². The molecule has 21 heavy (non-hydrogen) atoms. The smallest absolute Gasteiger partial charge is 0.253 e. The maximum Gasteiger partial charge on any atom is 0.253 e. The average Bonchev–Trinajstić information content (AvgIpc) is 2.77. The number of rotatable bonds is 4. The molecular weight excluding hydrogens is 264 g/mol. The summed E-state index contributed by atoms with van der Waals surface area (Å²) in [5.41, 5.74) is 2.82. The summed E-state index contributed by atoms with van der Waals surface area (Å²) >= 11 is 0. The van der Waals surface area contributed by atoms with E-state index in [0.29, 0.717) is 5.56 Å². The molecule has 1 aromatic heterocycles. The van der Waals surface area contributed by atoms with E-state index in [1.807, 2.05) is 38.1 Å². The fourth-order valence-electron chi connectivity index (χ4n) is 2.38. The van der Waals surface area contributed by atoms with Crippen molar-refractivity contribution in [2.75, 3.05) is 19.4 Å². The van der Waals surface area contributed by atoms with E-state index in [0.717, 1.165) is 22.8 Å². The van der Waals surface area contributed by atoms with Gasteiger partial charge in [-0.3, -0.25) is 4.79 Å². The Balaban J connectivity index is 2.10. The zero-order valence-corrected chi connectivity index (χ0v) is 13.2. The summed E-state index contributed by atoms with van der Waals surface area (Å²) in [5.74, 6) is 1.87. The lowest BCUT2D eigenvalue weighted by Crippen LogP contribution is -2.21. The number of nitrogens with one attached hydrogen (secondary N) is 1. The van der Waals surface area contributed by atoms with Gasteiger partial charge < -0.3 is 14.6 Å². The molecule has 0 spiro atoms. The lowest BCUT2D eigenvalue weighted by molar-refractivity contribution is 0.0827. The molecule has 112 valence electrons. The molecule has 0 radical (unpaired) electrons. The maximum atomic E-state index is 11.8. The first-order valence-electron chi connectivity index (χ1n) is 7.03. The van der Waals surface area contributed by atoms with E-state index in [9.17, 15) is 4.79 Å². The van der Waals surface area contributed by atoms with Crippen molar-refractivity contribution in [3.63, 3.8) is 0 Å². The molecule has 2 aromatic rings. The Morgan fingerprint density at radius 1 is 1.19 bits per heavy atom. The van der Waals surface area contributed by atoms with Crippen LogP contribution in [0.5, 0.6) is 0 Å². The Labute approximate surface area is 125 Å². The monoisotopic (exact) mass is 286 g/mol. The fraction of sp³-hybridized carbons (Fsp3) is 0.353. The Morgan fingerprint density at radius 2 is 1.81 bits per heavy atom. The number of nitrogens with zero attached hydrogens (tertiary/aromatic N) is 1. The molecule has 0 bridgehead atoms. The van der Waals surface area contributed by atoms with Crippen molar-refractivity contribution in [3.05, 3.63) is 53.0 Å². The van der Waals surface area contributed by atoms with Crippen LogP contribution in [0.25, 0.3) is 0 Å². The summed E-state index contributed by atoms with van der Waals surface area (Å²) in [7, 11) is 3.50. The molecule has 1 atom stereocenters. The van der Waals surface area contributed by atoms with E-state index in [1.165, 1.54) is 0 Å². The van der Waals surface area contributed by atoms with Gasteiger partial charge in [0.05, 0.1) is 6.04 Å². The minimum atomic E-state index is 0.0101. The van der Waals surface area contributed by atoms with E-state index >= 15 is 0 Å². The summed E-state index contributed by atoms with van der Waals surface area (Å²) in [6, 6.07) is 9.73. The Kier molecular flexibility index (Phi) is 4.36. The minimum Gasteiger partial charge on any atom is -0.466 e. The number of amides is 1. The zero-order valence-electron chi connectivity index (χ0n) is 13.2. The second kappa shape index (κ2) is 6.04. The molecule has 1 amide bonds. The van der Waals surface area contributed by atoms with Gasteiger partial charge in [-0.05, 0) is 51.1 Å². The van der Waals surface area contributed by atoms with Gasteiger partial charge in [0.25, 0.3) is 5.91 Å². The van der Waals surface area contributed by atoms with Gasteiger partial charge >= 0.3 is 0 Å². The van der Waals surface area contributed by atoms with Crippen LogP contribution in [0.4, 0.5) is 5.69 Å². The van der Waals surface area contributed by atoms with Gasteiger partial charge in [-0.1, -0.05) is 0 Å². The third kappa shape index (κ3) is 3.45. The van der Waals surface area contributed by atoms with Crippen LogP contribution in [-0.2, 0) is 0 Å². The minimum absolute atomic E-state index is 0.0101. The first-order chi connectivity index (χ1) is 9.88. The molecule has 0 aliphatic heterocycles. The Bertz CT molecular complexity index is 627. The first-order valence-corrected chi connectivity index (χ1v) is 7.03. The van der Waals surface area contributed by atoms with Crippen LogP contribution in [0.15, 0.2) is 34.7 Å². The van der Waals surface area contributed by atoms with Crippen molar-refractivity contribution in [3.8, 4) is 0 Å². The number of benzene rings is 1. The number of furan rings is 1. The molecule has 0 aliphatic carbocycles. The highest BCUT2D eigenvalue weighted by Gasteiger charge is 2.13. The fourth-order valence-corrected chi connectivity index (χ4v) is 2.38. The van der Waals surface area contributed by atoms with Gasteiger partial charge in [-0.15, -0.1) is 0 Å². The van der Waals surface area contributed by atoms with Gasteiger partial charge in [-0.2, -0.15) is 0 Å². The van der Waals surface area contributed by atoms with Gasteiger partial charge in [0.1, 0.15) is 11.5 Å². The third-order valence-corrected chi connectivity index (χ3v) is 3.47. The molecule has 1 unspecified atom stereocenters. The quantitative estimate of drug-likeness (QED) is 0.930. The van der Waals surface area contributed by atoms with Crippen molar-refractivity contribution >= 4 is 11.6 Å². The lowest BCUT2D eigenvalue weighted by Gasteiger charge is -2.15. The van der Waals surface area contributed by atoms with Crippen LogP contribution in [-0.4, -0.2) is 24.9 Å². The average molecular weight is 286 g/mol. The van der Waals surface area contributed by atoms with E-state index < -0.39 is 0 Å². The maximum absolute atomic E-state index is 11.8. The van der Waals surface area contributed by atoms with Crippen LogP contribution >= 0.6 is 0 Å². The van der Waals surface area contributed by atoms with E-state index in [4.69, 9.17) is 4.42 Å². The van der Waals surface area contributed by atoms with Gasteiger partial charge in [0.15, 0.2) is 0 Å². The summed E-state index contributed by atoms with van der Waals surface area (Å²) in [6.07, 6.45) is 0. The molecule has 1 N–H and O–H groups in total. The first kappa shape index (κ1) is 15.2. The van der Waals surface area contributed by atoms with E-state index in [1.54, 1.807) is 19.0 Å². The number of carbonyl (C=O) groups excluding carboxylic acids is 1. The summed E-state index contributed by atoms with van der Waals surface area (Å²) < 4.78 is 5.56. The number of hydrogen-bond acceptors (Lipinski definition) is 3. The highest BCUT2D eigenvalue weighted by atomic mass is 16.3. The van der Waals surface area contributed by atoms with Crippen molar-refractivity contribution < 1.29 is 9.21 Å². The molecule has 0 fully saturated rings. The van der Waals surface area contributed by atoms with Gasteiger partial charge in [0, 0.05) is 30.9 Å². The highest BCUT2D eigenvalue weighted by molar-refractivity contribution is 5.94. The number of hydrogen-bond donors (Lipinski definition) is 1. The third-order valence-electron chi connectivity index (χ3n) is 3.47. The highest BCUT2D eigenvalue weighted by Crippen LogP contribution is 2.25. The molecule has 4 heteroatoms. The predicted molar refractivity (Wildman–Crippen MR) is 84.7 cm³/mol. The van der Waals surface area contributed by atoms with Crippen LogP contribution < -0.4 is 5.32 Å². The van der Waals surface area contributed by atoms with E-state index in [2.05, 4.69) is 18.3 Å². The Morgan fingerprint density at radius 3 is 2.29 bits per heavy atom. The van der Waals surface area contributed by atoms with Crippen molar-refractivity contribution in [1.29, 1.82) is 0 Å². The second-order valence-electron chi connectivity index (χ2n) is 5.51. The van der Waals surface area contributed by atoms with Gasteiger partial charge in [0.2, 0.25) is 0 Å².